The number of fused-ring (bicyclic) bond motifs is 3. The van der Waals surface area contributed by atoms with Crippen LogP contribution in [-0.4, -0.2) is 39.6 Å². The predicted octanol–water partition coefficient (Wildman–Crippen LogP) is 0.710. The minimum Gasteiger partial charge on any atom is -0.272 e. The van der Waals surface area contributed by atoms with Crippen molar-refractivity contribution >= 4 is 16.7 Å². The van der Waals surface area contributed by atoms with Crippen molar-refractivity contribution in [3.05, 3.63) is 24.3 Å². The highest BCUT2D eigenvalue weighted by molar-refractivity contribution is 5.88. The summed E-state index contributed by atoms with van der Waals surface area (Å²) in [5.74, 6) is 0.583. The molecule has 94 valence electrons. The fourth-order valence-electron chi connectivity index (χ4n) is 2.02. The Labute approximate surface area is 107 Å². The van der Waals surface area contributed by atoms with Gasteiger partial charge in [-0.2, -0.15) is 10.2 Å². The molecule has 0 saturated heterocycles. The highest BCUT2D eigenvalue weighted by atomic mass is 15.3. The third-order valence-corrected chi connectivity index (χ3v) is 3.13. The maximum atomic E-state index is 4.51. The van der Waals surface area contributed by atoms with E-state index in [1.165, 1.54) is 0 Å². The van der Waals surface area contributed by atoms with Crippen LogP contribution in [0.4, 0.5) is 0 Å². The summed E-state index contributed by atoms with van der Waals surface area (Å²) in [6, 6.07) is 1.95. The molecule has 0 bridgehead atoms. The Bertz CT molecular complexity index is 876. The summed E-state index contributed by atoms with van der Waals surface area (Å²) in [4.78, 5) is 8.73. The first-order chi connectivity index (χ1) is 9.22. The van der Waals surface area contributed by atoms with Crippen LogP contribution >= 0.6 is 0 Å². The van der Waals surface area contributed by atoms with Crippen LogP contribution in [0.2, 0.25) is 0 Å². The molecule has 1 N–H and O–H groups in total. The zero-order valence-electron chi connectivity index (χ0n) is 10.4. The number of H-pyrrole nitrogens is 1. The number of hydrogen-bond acceptors (Lipinski definition) is 5. The van der Waals surface area contributed by atoms with Gasteiger partial charge in [-0.25, -0.2) is 14.5 Å². The van der Waals surface area contributed by atoms with Gasteiger partial charge < -0.3 is 0 Å². The number of aryl methyl sites for hydroxylation is 2. The summed E-state index contributed by atoms with van der Waals surface area (Å²) in [5.41, 5.74) is 3.22. The normalized spacial score (nSPS) is 11.7. The van der Waals surface area contributed by atoms with E-state index in [4.69, 9.17) is 0 Å². The molecule has 8 heteroatoms. The van der Waals surface area contributed by atoms with Crippen LogP contribution in [0, 0.1) is 6.92 Å². The van der Waals surface area contributed by atoms with Gasteiger partial charge in [0.1, 0.15) is 12.0 Å². The minimum atomic E-state index is 0.583. The summed E-state index contributed by atoms with van der Waals surface area (Å²) < 4.78 is 3.43. The van der Waals surface area contributed by atoms with Crippen molar-refractivity contribution in [2.24, 2.45) is 7.05 Å². The molecule has 0 amide bonds. The minimum absolute atomic E-state index is 0.583. The second kappa shape index (κ2) is 3.37. The monoisotopic (exact) mass is 254 g/mol. The van der Waals surface area contributed by atoms with E-state index in [0.29, 0.717) is 11.5 Å². The van der Waals surface area contributed by atoms with E-state index in [0.717, 1.165) is 22.4 Å². The Kier molecular flexibility index (Phi) is 1.81. The average Bonchev–Trinajstić information content (AvgIpc) is 3.07. The fraction of sp³-hybridized carbons (Fsp3) is 0.182. The lowest BCUT2D eigenvalue weighted by atomic mass is 10.3. The Morgan fingerprint density at radius 2 is 2.16 bits per heavy atom. The van der Waals surface area contributed by atoms with Crippen molar-refractivity contribution in [1.82, 2.24) is 39.6 Å². The summed E-state index contributed by atoms with van der Waals surface area (Å²) in [7, 11) is 1.89. The molecule has 0 aliphatic heterocycles. The molecule has 0 spiro atoms. The van der Waals surface area contributed by atoms with Gasteiger partial charge in [-0.15, -0.1) is 5.10 Å². The van der Waals surface area contributed by atoms with E-state index in [2.05, 4.69) is 30.4 Å². The van der Waals surface area contributed by atoms with Crippen molar-refractivity contribution in [2.45, 2.75) is 6.92 Å². The van der Waals surface area contributed by atoms with E-state index in [-0.39, 0.29) is 0 Å². The first-order valence-corrected chi connectivity index (χ1v) is 5.78. The van der Waals surface area contributed by atoms with Crippen LogP contribution < -0.4 is 0 Å². The van der Waals surface area contributed by atoms with E-state index < -0.39 is 0 Å². The third-order valence-electron chi connectivity index (χ3n) is 3.13. The molecular weight excluding hydrogens is 244 g/mol. The second-order valence-electron chi connectivity index (χ2n) is 4.38. The van der Waals surface area contributed by atoms with Gasteiger partial charge in [-0.05, 0) is 13.0 Å². The van der Waals surface area contributed by atoms with Gasteiger partial charge in [0.05, 0.1) is 11.6 Å². The van der Waals surface area contributed by atoms with Crippen LogP contribution in [0.15, 0.2) is 18.6 Å². The Morgan fingerprint density at radius 1 is 1.26 bits per heavy atom. The van der Waals surface area contributed by atoms with Crippen molar-refractivity contribution in [2.75, 3.05) is 0 Å². The van der Waals surface area contributed by atoms with Crippen LogP contribution in [0.5, 0.6) is 0 Å². The van der Waals surface area contributed by atoms with Crippen LogP contribution in [0.1, 0.15) is 5.69 Å². The maximum Gasteiger partial charge on any atom is 0.202 e. The lowest BCUT2D eigenvalue weighted by Crippen LogP contribution is -1.93. The first-order valence-electron chi connectivity index (χ1n) is 5.78. The zero-order valence-corrected chi connectivity index (χ0v) is 10.4. The lowest BCUT2D eigenvalue weighted by molar-refractivity contribution is 0.741. The van der Waals surface area contributed by atoms with E-state index >= 15 is 0 Å². The Morgan fingerprint density at radius 3 is 2.95 bits per heavy atom. The summed E-state index contributed by atoms with van der Waals surface area (Å²) in [5, 5.41) is 16.4. The van der Waals surface area contributed by atoms with Gasteiger partial charge >= 0.3 is 0 Å². The molecule has 8 nitrogen and oxygen atoms in total. The number of aromatic nitrogens is 8. The highest BCUT2D eigenvalue weighted by Gasteiger charge is 2.13. The zero-order chi connectivity index (χ0) is 13.0. The number of aromatic amines is 1. The van der Waals surface area contributed by atoms with Crippen molar-refractivity contribution < 1.29 is 0 Å². The molecule has 0 aromatic carbocycles. The molecule has 0 radical (unpaired) electrons. The van der Waals surface area contributed by atoms with Crippen molar-refractivity contribution in [1.29, 1.82) is 0 Å². The first kappa shape index (κ1) is 10.2. The number of nitrogens with one attached hydrogen (secondary N) is 1. The molecule has 4 aromatic heterocycles. The molecular formula is C11H10N8. The topological polar surface area (TPSA) is 89.6 Å². The van der Waals surface area contributed by atoms with Crippen LogP contribution in [0.3, 0.4) is 0 Å². The van der Waals surface area contributed by atoms with Crippen molar-refractivity contribution in [3.8, 4) is 11.5 Å². The van der Waals surface area contributed by atoms with Gasteiger partial charge in [-0.3, -0.25) is 9.78 Å². The largest absolute Gasteiger partial charge is 0.272 e. The highest BCUT2D eigenvalue weighted by Crippen LogP contribution is 2.19. The molecule has 4 aromatic rings. The third kappa shape index (κ3) is 1.36. The molecule has 0 unspecified atom stereocenters. The molecule has 0 aliphatic rings. The predicted molar refractivity (Wildman–Crippen MR) is 67.4 cm³/mol. The van der Waals surface area contributed by atoms with Gasteiger partial charge in [-0.1, -0.05) is 0 Å². The Balaban J connectivity index is 2.00. The molecule has 4 rings (SSSR count). The Hall–Kier alpha value is -2.77. The fourth-order valence-corrected chi connectivity index (χ4v) is 2.02. The average molecular weight is 254 g/mol. The summed E-state index contributed by atoms with van der Waals surface area (Å²) >= 11 is 0. The lowest BCUT2D eigenvalue weighted by Gasteiger charge is -1.89. The second-order valence-corrected chi connectivity index (χ2v) is 4.38. The number of hydrogen-bond donors (Lipinski definition) is 1. The summed E-state index contributed by atoms with van der Waals surface area (Å²) in [6.07, 6.45) is 3.31. The maximum absolute atomic E-state index is 4.51. The summed E-state index contributed by atoms with van der Waals surface area (Å²) in [6.45, 7) is 1.99. The SMILES string of the molecule is Cc1cc(-c2nc3c4cn[nH]c4ncn3n2)nn1C. The van der Waals surface area contributed by atoms with E-state index in [1.54, 1.807) is 21.7 Å². The van der Waals surface area contributed by atoms with Crippen LogP contribution in [-0.2, 0) is 7.05 Å². The molecule has 0 aliphatic carbocycles. The van der Waals surface area contributed by atoms with E-state index in [1.807, 2.05) is 20.0 Å². The van der Waals surface area contributed by atoms with Crippen LogP contribution in [0.25, 0.3) is 28.2 Å². The molecule has 0 atom stereocenters. The van der Waals surface area contributed by atoms with Gasteiger partial charge in [0.25, 0.3) is 0 Å². The molecule has 4 heterocycles. The molecule has 19 heavy (non-hydrogen) atoms. The quantitative estimate of drug-likeness (QED) is 0.540. The smallest absolute Gasteiger partial charge is 0.202 e. The van der Waals surface area contributed by atoms with Gasteiger partial charge in [0.2, 0.25) is 5.82 Å². The number of rotatable bonds is 1. The van der Waals surface area contributed by atoms with Gasteiger partial charge in [0.15, 0.2) is 11.3 Å². The van der Waals surface area contributed by atoms with Crippen molar-refractivity contribution in [3.63, 3.8) is 0 Å². The molecule has 0 saturated carbocycles. The number of nitrogens with zero attached hydrogens (tertiary/aromatic N) is 7. The standard InChI is InChI=1S/C11H10N8/c1-6-3-8(16-18(6)2)10-14-11-7-4-13-15-9(7)12-5-19(11)17-10/h3-5H,1-2H3,(H,13,15). The van der Waals surface area contributed by atoms with Gasteiger partial charge in [0, 0.05) is 12.7 Å². The molecule has 0 fully saturated rings. The van der Waals surface area contributed by atoms with E-state index in [9.17, 15) is 0 Å².